The lowest BCUT2D eigenvalue weighted by molar-refractivity contribution is -0.121. The SMILES string of the molecule is Cc1nn(C2CCS(=O)(=O)C2)c(C)c1CN(C)C(C(=O)Nc1ccc(F)cc1)c1ccccc1. The fourth-order valence-corrected chi connectivity index (χ4v) is 6.27. The van der Waals surface area contributed by atoms with E-state index in [9.17, 15) is 17.6 Å². The van der Waals surface area contributed by atoms with Crippen LogP contribution in [0.15, 0.2) is 54.6 Å². The lowest BCUT2D eigenvalue weighted by Crippen LogP contribution is -2.34. The molecule has 1 saturated heterocycles. The van der Waals surface area contributed by atoms with Crippen molar-refractivity contribution in [3.05, 3.63) is 82.9 Å². The molecule has 4 rings (SSSR count). The zero-order valence-electron chi connectivity index (χ0n) is 19.5. The molecule has 2 atom stereocenters. The molecule has 0 spiro atoms. The number of rotatable bonds is 7. The highest BCUT2D eigenvalue weighted by Crippen LogP contribution is 2.29. The van der Waals surface area contributed by atoms with E-state index in [0.29, 0.717) is 18.7 Å². The summed E-state index contributed by atoms with van der Waals surface area (Å²) in [6.07, 6.45) is 0.562. The van der Waals surface area contributed by atoms with Gasteiger partial charge in [0.05, 0.1) is 23.2 Å². The Morgan fingerprint density at radius 3 is 2.47 bits per heavy atom. The Balaban J connectivity index is 1.59. The number of hydrogen-bond acceptors (Lipinski definition) is 5. The topological polar surface area (TPSA) is 84.3 Å². The van der Waals surface area contributed by atoms with Gasteiger partial charge in [-0.25, -0.2) is 12.8 Å². The standard InChI is InChI=1S/C25H29FN4O3S/c1-17-23(18(2)30(28-17)22-13-14-34(32,33)16-22)15-29(3)24(19-7-5-4-6-8-19)25(31)27-21-11-9-20(26)10-12-21/h4-12,22,24H,13-16H2,1-3H3,(H,27,31). The first kappa shape index (κ1) is 24.1. The Labute approximate surface area is 199 Å². The number of nitrogens with one attached hydrogen (secondary N) is 1. The molecule has 9 heteroatoms. The molecule has 0 saturated carbocycles. The molecule has 1 amide bonds. The maximum absolute atomic E-state index is 13.4. The first-order valence-corrected chi connectivity index (χ1v) is 13.0. The summed E-state index contributed by atoms with van der Waals surface area (Å²) in [6, 6.07) is 14.4. The molecule has 0 radical (unpaired) electrons. The number of aromatic nitrogens is 2. The number of aryl methyl sites for hydroxylation is 1. The van der Waals surface area contributed by atoms with Gasteiger partial charge in [0.1, 0.15) is 11.9 Å². The van der Waals surface area contributed by atoms with Gasteiger partial charge in [-0.3, -0.25) is 14.4 Å². The molecule has 1 aliphatic rings. The van der Waals surface area contributed by atoms with Crippen LogP contribution < -0.4 is 5.32 Å². The molecule has 3 aromatic rings. The Morgan fingerprint density at radius 2 is 1.85 bits per heavy atom. The van der Waals surface area contributed by atoms with E-state index in [1.54, 1.807) is 0 Å². The van der Waals surface area contributed by atoms with Crippen LogP contribution in [-0.4, -0.2) is 47.6 Å². The van der Waals surface area contributed by atoms with Crippen LogP contribution in [0.4, 0.5) is 10.1 Å². The van der Waals surface area contributed by atoms with E-state index in [4.69, 9.17) is 0 Å². The number of halogens is 1. The molecule has 0 bridgehead atoms. The van der Waals surface area contributed by atoms with Gasteiger partial charge in [-0.1, -0.05) is 30.3 Å². The summed E-state index contributed by atoms with van der Waals surface area (Å²) in [4.78, 5) is 15.3. The van der Waals surface area contributed by atoms with Crippen molar-refractivity contribution in [1.82, 2.24) is 14.7 Å². The fourth-order valence-electron chi connectivity index (χ4n) is 4.58. The second-order valence-electron chi connectivity index (χ2n) is 8.88. The van der Waals surface area contributed by atoms with E-state index < -0.39 is 15.9 Å². The van der Waals surface area contributed by atoms with Crippen molar-refractivity contribution in [3.8, 4) is 0 Å². The fraction of sp³-hybridized carbons (Fsp3) is 0.360. The van der Waals surface area contributed by atoms with Crippen molar-refractivity contribution in [2.75, 3.05) is 23.9 Å². The molecule has 0 aliphatic carbocycles. The lowest BCUT2D eigenvalue weighted by Gasteiger charge is -2.28. The van der Waals surface area contributed by atoms with Crippen LogP contribution in [0.2, 0.25) is 0 Å². The minimum atomic E-state index is -3.03. The van der Waals surface area contributed by atoms with Crippen molar-refractivity contribution in [2.45, 2.75) is 38.9 Å². The van der Waals surface area contributed by atoms with Crippen LogP contribution in [0.3, 0.4) is 0 Å². The lowest BCUT2D eigenvalue weighted by atomic mass is 10.0. The zero-order chi connectivity index (χ0) is 24.5. The predicted octanol–water partition coefficient (Wildman–Crippen LogP) is 3.81. The second kappa shape index (κ2) is 9.68. The quantitative estimate of drug-likeness (QED) is 0.551. The van der Waals surface area contributed by atoms with Gasteiger partial charge in [-0.05, 0) is 57.1 Å². The number of carbonyl (C=O) groups is 1. The van der Waals surface area contributed by atoms with Crippen LogP contribution in [0, 0.1) is 19.7 Å². The number of nitrogens with zero attached hydrogens (tertiary/aromatic N) is 3. The highest BCUT2D eigenvalue weighted by molar-refractivity contribution is 7.91. The van der Waals surface area contributed by atoms with E-state index in [-0.39, 0.29) is 29.3 Å². The Morgan fingerprint density at radius 1 is 1.18 bits per heavy atom. The van der Waals surface area contributed by atoms with Gasteiger partial charge >= 0.3 is 0 Å². The summed E-state index contributed by atoms with van der Waals surface area (Å²) in [5, 5.41) is 7.54. The molecule has 34 heavy (non-hydrogen) atoms. The number of benzene rings is 2. The predicted molar refractivity (Wildman–Crippen MR) is 130 cm³/mol. The van der Waals surface area contributed by atoms with Crippen LogP contribution >= 0.6 is 0 Å². The number of anilines is 1. The molecule has 2 heterocycles. The summed E-state index contributed by atoms with van der Waals surface area (Å²) in [5.74, 6) is -0.306. The molecule has 1 aliphatic heterocycles. The summed E-state index contributed by atoms with van der Waals surface area (Å²) in [7, 11) is -1.15. The molecule has 1 fully saturated rings. The van der Waals surface area contributed by atoms with Gasteiger partial charge in [0, 0.05) is 23.5 Å². The average molecular weight is 485 g/mol. The third-order valence-electron chi connectivity index (χ3n) is 6.35. The summed E-state index contributed by atoms with van der Waals surface area (Å²) in [5.41, 5.74) is 4.05. The molecule has 7 nitrogen and oxygen atoms in total. The van der Waals surface area contributed by atoms with Gasteiger partial charge < -0.3 is 5.32 Å². The molecular weight excluding hydrogens is 455 g/mol. The minimum absolute atomic E-state index is 0.108. The highest BCUT2D eigenvalue weighted by atomic mass is 32.2. The maximum Gasteiger partial charge on any atom is 0.246 e. The van der Waals surface area contributed by atoms with Crippen LogP contribution in [0.5, 0.6) is 0 Å². The van der Waals surface area contributed by atoms with E-state index in [1.807, 2.05) is 60.8 Å². The largest absolute Gasteiger partial charge is 0.324 e. The van der Waals surface area contributed by atoms with E-state index in [0.717, 1.165) is 22.5 Å². The smallest absolute Gasteiger partial charge is 0.246 e. The first-order valence-electron chi connectivity index (χ1n) is 11.2. The van der Waals surface area contributed by atoms with Crippen molar-refractivity contribution in [3.63, 3.8) is 0 Å². The van der Waals surface area contributed by atoms with Crippen molar-refractivity contribution < 1.29 is 17.6 Å². The van der Waals surface area contributed by atoms with Crippen LogP contribution in [0.25, 0.3) is 0 Å². The number of likely N-dealkylation sites (N-methyl/N-ethyl adjacent to an activating group) is 1. The van der Waals surface area contributed by atoms with Crippen LogP contribution in [0.1, 0.15) is 41.0 Å². The van der Waals surface area contributed by atoms with Gasteiger partial charge in [-0.15, -0.1) is 0 Å². The molecule has 1 N–H and O–H groups in total. The monoisotopic (exact) mass is 484 g/mol. The summed E-state index contributed by atoms with van der Waals surface area (Å²) >= 11 is 0. The highest BCUT2D eigenvalue weighted by Gasteiger charge is 2.32. The molecule has 1 aromatic heterocycles. The normalized spacial score (nSPS) is 18.2. The second-order valence-corrected chi connectivity index (χ2v) is 11.1. The minimum Gasteiger partial charge on any atom is -0.324 e. The number of sulfone groups is 1. The maximum atomic E-state index is 13.4. The summed E-state index contributed by atoms with van der Waals surface area (Å²) in [6.45, 7) is 4.31. The van der Waals surface area contributed by atoms with Gasteiger partial charge in [-0.2, -0.15) is 5.10 Å². The van der Waals surface area contributed by atoms with Gasteiger partial charge in [0.2, 0.25) is 5.91 Å². The molecule has 2 unspecified atom stereocenters. The van der Waals surface area contributed by atoms with Crippen LogP contribution in [-0.2, 0) is 21.2 Å². The van der Waals surface area contributed by atoms with Crippen molar-refractivity contribution >= 4 is 21.4 Å². The number of carbonyl (C=O) groups excluding carboxylic acids is 1. The Kier molecular flexibility index (Phi) is 6.86. The molecular formula is C25H29FN4O3S. The van der Waals surface area contributed by atoms with Gasteiger partial charge in [0.15, 0.2) is 9.84 Å². The summed E-state index contributed by atoms with van der Waals surface area (Å²) < 4.78 is 39.1. The first-order chi connectivity index (χ1) is 16.1. The Bertz CT molecular complexity index is 1270. The van der Waals surface area contributed by atoms with E-state index in [1.165, 1.54) is 24.3 Å². The molecule has 180 valence electrons. The van der Waals surface area contributed by atoms with E-state index >= 15 is 0 Å². The average Bonchev–Trinajstić information content (AvgIpc) is 3.29. The van der Waals surface area contributed by atoms with Crippen molar-refractivity contribution in [2.24, 2.45) is 0 Å². The van der Waals surface area contributed by atoms with Crippen molar-refractivity contribution in [1.29, 1.82) is 0 Å². The molecule has 2 aromatic carbocycles. The van der Waals surface area contributed by atoms with Gasteiger partial charge in [0.25, 0.3) is 0 Å². The Hall–Kier alpha value is -3.04. The number of hydrogen-bond donors (Lipinski definition) is 1. The van der Waals surface area contributed by atoms with E-state index in [2.05, 4.69) is 10.4 Å². The number of amides is 1. The third-order valence-corrected chi connectivity index (χ3v) is 8.10. The third kappa shape index (κ3) is 5.20. The zero-order valence-corrected chi connectivity index (χ0v) is 20.3.